The number of halogens is 7. The lowest BCUT2D eigenvalue weighted by Gasteiger charge is -2.27. The first-order chi connectivity index (χ1) is 20.0. The Morgan fingerprint density at radius 3 is 2.07 bits per heavy atom. The van der Waals surface area contributed by atoms with Gasteiger partial charge in [0, 0.05) is 0 Å². The number of unbranched alkanes of at least 4 members (excludes halogenated alkanes) is 2. The average Bonchev–Trinajstić information content (AvgIpc) is 2.97. The topological polar surface area (TPSA) is 9.23 Å². The molecular formula is C34H35F7O. The van der Waals surface area contributed by atoms with Crippen molar-refractivity contribution in [2.75, 3.05) is 0 Å². The second kappa shape index (κ2) is 13.8. The van der Waals surface area contributed by atoms with Gasteiger partial charge >= 0.3 is 12.3 Å². The van der Waals surface area contributed by atoms with E-state index in [1.165, 1.54) is 36.5 Å². The molecule has 1 fully saturated rings. The van der Waals surface area contributed by atoms with Crippen molar-refractivity contribution in [1.82, 2.24) is 0 Å². The van der Waals surface area contributed by atoms with E-state index in [1.54, 1.807) is 12.1 Å². The lowest BCUT2D eigenvalue weighted by Crippen LogP contribution is -2.45. The molecule has 42 heavy (non-hydrogen) atoms. The second-order valence-corrected chi connectivity index (χ2v) is 11.0. The predicted octanol–water partition coefficient (Wildman–Crippen LogP) is 11.1. The van der Waals surface area contributed by atoms with E-state index in [2.05, 4.69) is 42.0 Å². The predicted molar refractivity (Wildman–Crippen MR) is 152 cm³/mol. The lowest BCUT2D eigenvalue weighted by molar-refractivity contribution is -0.305. The van der Waals surface area contributed by atoms with Crippen LogP contribution >= 0.6 is 0 Å². The first-order valence-corrected chi connectivity index (χ1v) is 14.4. The largest absolute Gasteiger partial charge is 0.439 e. The van der Waals surface area contributed by atoms with Gasteiger partial charge in [0.1, 0.15) is 0 Å². The Kier molecular flexibility index (Phi) is 10.4. The minimum atomic E-state index is -5.85. The lowest BCUT2D eigenvalue weighted by atomic mass is 9.78. The Morgan fingerprint density at radius 1 is 0.833 bits per heavy atom. The standard InChI is InChI=1S/C34H35F7O/c1-2-3-4-5-23-8-14-26(15-9-23)27-16-10-24(11-17-27)6-7-25-12-18-28(19-13-25)29-20-21-31(30(35)22-29)42-34(40,41)32(36)33(37,38)39/h6-9,12-15,18-22,24,27,32H,2-5,10-11,16-17H2,1H3. The summed E-state index contributed by atoms with van der Waals surface area (Å²) in [6.07, 6.45) is -2.07. The molecule has 0 amide bonds. The molecule has 0 saturated heterocycles. The van der Waals surface area contributed by atoms with Gasteiger partial charge in [0.15, 0.2) is 11.6 Å². The zero-order valence-corrected chi connectivity index (χ0v) is 23.4. The van der Waals surface area contributed by atoms with Gasteiger partial charge in [0.2, 0.25) is 0 Å². The molecule has 0 aromatic heterocycles. The molecule has 226 valence electrons. The summed E-state index contributed by atoms with van der Waals surface area (Å²) in [5.41, 5.74) is 4.65. The number of allylic oxidation sites excluding steroid dienone is 1. The van der Waals surface area contributed by atoms with Gasteiger partial charge in [0.25, 0.3) is 6.17 Å². The van der Waals surface area contributed by atoms with Crippen molar-refractivity contribution in [3.8, 4) is 16.9 Å². The van der Waals surface area contributed by atoms with E-state index in [0.717, 1.165) is 49.8 Å². The molecular weight excluding hydrogens is 557 g/mol. The number of hydrogen-bond acceptors (Lipinski definition) is 1. The van der Waals surface area contributed by atoms with Crippen molar-refractivity contribution in [1.29, 1.82) is 0 Å². The van der Waals surface area contributed by atoms with Crippen LogP contribution in [0.25, 0.3) is 17.2 Å². The summed E-state index contributed by atoms with van der Waals surface area (Å²) in [6.45, 7) is 2.22. The third-order valence-electron chi connectivity index (χ3n) is 7.86. The van der Waals surface area contributed by atoms with E-state index in [9.17, 15) is 30.7 Å². The molecule has 1 saturated carbocycles. The summed E-state index contributed by atoms with van der Waals surface area (Å²) >= 11 is 0. The van der Waals surface area contributed by atoms with Crippen LogP contribution in [0.5, 0.6) is 5.75 Å². The van der Waals surface area contributed by atoms with E-state index >= 15 is 0 Å². The minimum Gasteiger partial charge on any atom is -0.427 e. The summed E-state index contributed by atoms with van der Waals surface area (Å²) in [5, 5.41) is 0. The third-order valence-corrected chi connectivity index (χ3v) is 7.86. The molecule has 0 spiro atoms. The summed E-state index contributed by atoms with van der Waals surface area (Å²) in [6, 6.07) is 19.1. The zero-order chi connectivity index (χ0) is 30.3. The van der Waals surface area contributed by atoms with Gasteiger partial charge in [-0.05, 0) is 90.3 Å². The number of hydrogen-bond donors (Lipinski definition) is 0. The Labute approximate surface area is 242 Å². The molecule has 0 heterocycles. The molecule has 1 aliphatic carbocycles. The van der Waals surface area contributed by atoms with Gasteiger partial charge in [0.05, 0.1) is 0 Å². The van der Waals surface area contributed by atoms with Gasteiger partial charge in [-0.3, -0.25) is 0 Å². The molecule has 0 radical (unpaired) electrons. The van der Waals surface area contributed by atoms with Crippen molar-refractivity contribution in [2.24, 2.45) is 5.92 Å². The van der Waals surface area contributed by atoms with E-state index < -0.39 is 30.0 Å². The molecule has 0 aliphatic heterocycles. The molecule has 3 aromatic carbocycles. The van der Waals surface area contributed by atoms with Crippen molar-refractivity contribution >= 4 is 6.08 Å². The number of benzene rings is 3. The van der Waals surface area contributed by atoms with Crippen LogP contribution in [0.15, 0.2) is 72.8 Å². The molecule has 1 aliphatic rings. The fraction of sp³-hybridized carbons (Fsp3) is 0.412. The normalized spacial score (nSPS) is 18.8. The van der Waals surface area contributed by atoms with Crippen LogP contribution in [0.4, 0.5) is 30.7 Å². The van der Waals surface area contributed by atoms with Gasteiger partial charge in [-0.1, -0.05) is 86.5 Å². The number of aryl methyl sites for hydroxylation is 1. The van der Waals surface area contributed by atoms with Crippen molar-refractivity contribution in [2.45, 2.75) is 82.7 Å². The summed E-state index contributed by atoms with van der Waals surface area (Å²) in [5.74, 6) is -1.44. The Hall–Kier alpha value is -3.29. The first kappa shape index (κ1) is 31.6. The van der Waals surface area contributed by atoms with E-state index in [1.807, 2.05) is 18.2 Å². The maximum Gasteiger partial charge on any atom is 0.439 e. The van der Waals surface area contributed by atoms with Crippen LogP contribution in [-0.4, -0.2) is 18.5 Å². The quantitative estimate of drug-likeness (QED) is 0.159. The molecule has 0 N–H and O–H groups in total. The van der Waals surface area contributed by atoms with Crippen molar-refractivity contribution < 1.29 is 35.5 Å². The van der Waals surface area contributed by atoms with Crippen LogP contribution < -0.4 is 4.74 Å². The fourth-order valence-electron chi connectivity index (χ4n) is 5.37. The van der Waals surface area contributed by atoms with Crippen LogP contribution in [0.3, 0.4) is 0 Å². The number of rotatable bonds is 11. The van der Waals surface area contributed by atoms with Crippen LogP contribution in [-0.2, 0) is 6.42 Å². The van der Waals surface area contributed by atoms with Gasteiger partial charge in [-0.25, -0.2) is 8.78 Å². The summed E-state index contributed by atoms with van der Waals surface area (Å²) < 4.78 is 95.2. The number of ether oxygens (including phenoxy) is 1. The zero-order valence-electron chi connectivity index (χ0n) is 23.4. The fourth-order valence-corrected chi connectivity index (χ4v) is 5.37. The third kappa shape index (κ3) is 8.39. The van der Waals surface area contributed by atoms with E-state index in [-0.39, 0.29) is 0 Å². The van der Waals surface area contributed by atoms with Gasteiger partial charge < -0.3 is 4.74 Å². The SMILES string of the molecule is CCCCCc1ccc(C2CCC(C=Cc3ccc(-c4ccc(OC(F)(F)C(F)C(F)(F)F)c(F)c4)cc3)CC2)cc1. The Morgan fingerprint density at radius 2 is 1.48 bits per heavy atom. The van der Waals surface area contributed by atoms with Crippen LogP contribution in [0, 0.1) is 11.7 Å². The highest BCUT2D eigenvalue weighted by molar-refractivity contribution is 5.66. The molecule has 1 nitrogen and oxygen atoms in total. The molecule has 8 heteroatoms. The maximum absolute atomic E-state index is 14.4. The maximum atomic E-state index is 14.4. The van der Waals surface area contributed by atoms with Crippen LogP contribution in [0.2, 0.25) is 0 Å². The first-order valence-electron chi connectivity index (χ1n) is 14.4. The highest BCUT2D eigenvalue weighted by Crippen LogP contribution is 2.39. The van der Waals surface area contributed by atoms with E-state index in [0.29, 0.717) is 23.0 Å². The molecule has 3 aromatic rings. The molecule has 1 atom stereocenters. The Bertz CT molecular complexity index is 1310. The highest BCUT2D eigenvalue weighted by Gasteiger charge is 2.59. The molecule has 4 rings (SSSR count). The number of alkyl halides is 6. The summed E-state index contributed by atoms with van der Waals surface area (Å²) in [4.78, 5) is 0. The minimum absolute atomic E-state index is 0.304. The monoisotopic (exact) mass is 592 g/mol. The highest BCUT2D eigenvalue weighted by atomic mass is 19.4. The van der Waals surface area contributed by atoms with Crippen molar-refractivity contribution in [3.63, 3.8) is 0 Å². The smallest absolute Gasteiger partial charge is 0.427 e. The van der Waals surface area contributed by atoms with Gasteiger partial charge in [-0.2, -0.15) is 22.0 Å². The van der Waals surface area contributed by atoms with Gasteiger partial charge in [-0.15, -0.1) is 0 Å². The average molecular weight is 593 g/mol. The van der Waals surface area contributed by atoms with E-state index in [4.69, 9.17) is 0 Å². The molecule has 0 bridgehead atoms. The second-order valence-electron chi connectivity index (χ2n) is 11.0. The molecule has 1 unspecified atom stereocenters. The summed E-state index contributed by atoms with van der Waals surface area (Å²) in [7, 11) is 0. The van der Waals surface area contributed by atoms with Crippen molar-refractivity contribution in [3.05, 3.63) is 95.3 Å². The van der Waals surface area contributed by atoms with Crippen LogP contribution in [0.1, 0.15) is 74.5 Å². The Balaban J connectivity index is 1.30.